The number of halogens is 1. The van der Waals surface area contributed by atoms with Gasteiger partial charge in [0.15, 0.2) is 0 Å². The Labute approximate surface area is 156 Å². The average molecular weight is 378 g/mol. The van der Waals surface area contributed by atoms with Gasteiger partial charge in [0.1, 0.15) is 0 Å². The van der Waals surface area contributed by atoms with E-state index in [-0.39, 0.29) is 18.0 Å². The van der Waals surface area contributed by atoms with Gasteiger partial charge in [-0.3, -0.25) is 4.79 Å². The average Bonchev–Trinajstić information content (AvgIpc) is 2.57. The number of anilines is 1. The Balaban J connectivity index is 1.76. The molecule has 0 spiro atoms. The van der Waals surface area contributed by atoms with Crippen LogP contribution in [0.4, 0.5) is 5.69 Å². The van der Waals surface area contributed by atoms with Gasteiger partial charge in [0.2, 0.25) is 5.91 Å². The first-order valence-electron chi connectivity index (χ1n) is 7.87. The van der Waals surface area contributed by atoms with Crippen molar-refractivity contribution in [2.45, 2.75) is 25.7 Å². The van der Waals surface area contributed by atoms with Crippen LogP contribution in [0, 0.1) is 0 Å². The number of carbonyl (C=O) groups excluding carboxylic acids is 2. The monoisotopic (exact) mass is 377 g/mol. The second-order valence-electron chi connectivity index (χ2n) is 5.70. The molecular weight excluding hydrogens is 358 g/mol. The summed E-state index contributed by atoms with van der Waals surface area (Å²) < 4.78 is 5.15. The van der Waals surface area contributed by atoms with E-state index in [1.807, 2.05) is 26.0 Å². The van der Waals surface area contributed by atoms with Crippen LogP contribution in [0.15, 0.2) is 48.5 Å². The molecule has 0 saturated carbocycles. The molecule has 2 rings (SSSR count). The van der Waals surface area contributed by atoms with E-state index in [4.69, 9.17) is 16.3 Å². The largest absolute Gasteiger partial charge is 0.459 e. The molecule has 0 aliphatic carbocycles. The van der Waals surface area contributed by atoms with Gasteiger partial charge in [-0.15, -0.1) is 11.8 Å². The molecule has 1 amide bonds. The molecule has 132 valence electrons. The maximum atomic E-state index is 11.9. The van der Waals surface area contributed by atoms with Crippen LogP contribution in [0.5, 0.6) is 0 Å². The summed E-state index contributed by atoms with van der Waals surface area (Å²) in [5.74, 6) is 0.647. The van der Waals surface area contributed by atoms with E-state index < -0.39 is 0 Å². The fourth-order valence-electron chi connectivity index (χ4n) is 2.01. The quantitative estimate of drug-likeness (QED) is 0.705. The van der Waals surface area contributed by atoms with Gasteiger partial charge in [-0.2, -0.15) is 0 Å². The molecule has 0 saturated heterocycles. The third-order valence-corrected chi connectivity index (χ3v) is 4.42. The summed E-state index contributed by atoms with van der Waals surface area (Å²) >= 11 is 7.32. The Hall–Kier alpha value is -1.98. The van der Waals surface area contributed by atoms with Crippen LogP contribution in [0.3, 0.4) is 0 Å². The fourth-order valence-corrected chi connectivity index (χ4v) is 2.92. The number of benzene rings is 2. The van der Waals surface area contributed by atoms with Crippen LogP contribution < -0.4 is 5.32 Å². The van der Waals surface area contributed by atoms with Crippen molar-refractivity contribution in [1.29, 1.82) is 0 Å². The minimum Gasteiger partial charge on any atom is -0.459 e. The summed E-state index contributed by atoms with van der Waals surface area (Å²) in [6.45, 7) is 3.63. The lowest BCUT2D eigenvalue weighted by molar-refractivity contribution is -0.113. The first-order valence-corrected chi connectivity index (χ1v) is 9.40. The Kier molecular flexibility index (Phi) is 7.34. The van der Waals surface area contributed by atoms with Crippen molar-refractivity contribution in [1.82, 2.24) is 0 Å². The van der Waals surface area contributed by atoms with Crippen LogP contribution in [0.2, 0.25) is 5.02 Å². The normalized spacial score (nSPS) is 10.6. The molecule has 2 aromatic carbocycles. The highest BCUT2D eigenvalue weighted by molar-refractivity contribution is 7.99. The van der Waals surface area contributed by atoms with E-state index in [9.17, 15) is 9.59 Å². The third kappa shape index (κ3) is 6.80. The number of hydrogen-bond donors (Lipinski definition) is 1. The highest BCUT2D eigenvalue weighted by Crippen LogP contribution is 2.16. The molecule has 0 unspecified atom stereocenters. The molecule has 0 atom stereocenters. The lowest BCUT2D eigenvalue weighted by atomic mass is 10.1. The molecule has 0 bridgehead atoms. The Morgan fingerprint density at radius 1 is 1.08 bits per heavy atom. The molecule has 0 aliphatic rings. The summed E-state index contributed by atoms with van der Waals surface area (Å²) in [6.07, 6.45) is -0.137. The van der Waals surface area contributed by atoms with Crippen molar-refractivity contribution in [3.05, 3.63) is 64.7 Å². The van der Waals surface area contributed by atoms with E-state index in [1.165, 1.54) is 11.8 Å². The minimum atomic E-state index is -0.323. The molecule has 0 aromatic heterocycles. The fraction of sp³-hybridized carbons (Fsp3) is 0.263. The molecule has 0 radical (unpaired) electrons. The lowest BCUT2D eigenvalue weighted by Crippen LogP contribution is -2.14. The molecule has 0 heterocycles. The summed E-state index contributed by atoms with van der Waals surface area (Å²) in [5.41, 5.74) is 2.30. The number of ether oxygens (including phenoxy) is 1. The SMILES string of the molecule is CC(C)OC(=O)c1ccc(CSCC(=O)Nc2ccc(Cl)cc2)cc1. The van der Waals surface area contributed by atoms with Crippen LogP contribution in [0.1, 0.15) is 29.8 Å². The first-order chi connectivity index (χ1) is 11.9. The van der Waals surface area contributed by atoms with Crippen molar-refractivity contribution >= 4 is 40.9 Å². The zero-order valence-corrected chi connectivity index (χ0v) is 15.7. The number of esters is 1. The summed E-state index contributed by atoms with van der Waals surface area (Å²) in [4.78, 5) is 23.7. The Bertz CT molecular complexity index is 714. The molecule has 0 aliphatic heterocycles. The number of rotatable bonds is 7. The Morgan fingerprint density at radius 2 is 1.72 bits per heavy atom. The number of carbonyl (C=O) groups is 2. The number of thioether (sulfide) groups is 1. The van der Waals surface area contributed by atoms with E-state index >= 15 is 0 Å². The first kappa shape index (κ1) is 19.3. The van der Waals surface area contributed by atoms with Gasteiger partial charge in [0.25, 0.3) is 0 Å². The smallest absolute Gasteiger partial charge is 0.338 e. The predicted octanol–water partition coefficient (Wildman–Crippen LogP) is 4.78. The van der Waals surface area contributed by atoms with Crippen molar-refractivity contribution in [2.75, 3.05) is 11.1 Å². The summed E-state index contributed by atoms with van der Waals surface area (Å²) in [5, 5.41) is 3.45. The van der Waals surface area contributed by atoms with Crippen LogP contribution >= 0.6 is 23.4 Å². The maximum absolute atomic E-state index is 11.9. The molecule has 2 aromatic rings. The highest BCUT2D eigenvalue weighted by Gasteiger charge is 2.09. The minimum absolute atomic E-state index is 0.0653. The van der Waals surface area contributed by atoms with E-state index in [0.29, 0.717) is 22.1 Å². The number of hydrogen-bond acceptors (Lipinski definition) is 4. The molecule has 4 nitrogen and oxygen atoms in total. The topological polar surface area (TPSA) is 55.4 Å². The van der Waals surface area contributed by atoms with E-state index in [2.05, 4.69) is 5.32 Å². The second-order valence-corrected chi connectivity index (χ2v) is 7.12. The molecule has 25 heavy (non-hydrogen) atoms. The molecular formula is C19H20ClNO3S. The van der Waals surface area contributed by atoms with Gasteiger partial charge in [0, 0.05) is 16.5 Å². The van der Waals surface area contributed by atoms with Gasteiger partial charge in [-0.25, -0.2) is 4.79 Å². The van der Waals surface area contributed by atoms with Crippen molar-refractivity contribution in [3.63, 3.8) is 0 Å². The van der Waals surface area contributed by atoms with Gasteiger partial charge in [-0.1, -0.05) is 23.7 Å². The maximum Gasteiger partial charge on any atom is 0.338 e. The lowest BCUT2D eigenvalue weighted by Gasteiger charge is -2.08. The van der Waals surface area contributed by atoms with Crippen molar-refractivity contribution in [3.8, 4) is 0 Å². The number of amides is 1. The van der Waals surface area contributed by atoms with Gasteiger partial charge in [0.05, 0.1) is 17.4 Å². The second kappa shape index (κ2) is 9.49. The summed E-state index contributed by atoms with van der Waals surface area (Å²) in [6, 6.07) is 14.2. The standard InChI is InChI=1S/C19H20ClNO3S/c1-13(2)24-19(23)15-5-3-14(4-6-15)11-25-12-18(22)21-17-9-7-16(20)8-10-17/h3-10,13H,11-12H2,1-2H3,(H,21,22). The van der Waals surface area contributed by atoms with Crippen LogP contribution in [-0.2, 0) is 15.3 Å². The van der Waals surface area contributed by atoms with E-state index in [1.54, 1.807) is 36.4 Å². The zero-order valence-electron chi connectivity index (χ0n) is 14.1. The predicted molar refractivity (Wildman–Crippen MR) is 103 cm³/mol. The van der Waals surface area contributed by atoms with Crippen molar-refractivity contribution < 1.29 is 14.3 Å². The Morgan fingerprint density at radius 3 is 2.32 bits per heavy atom. The molecule has 0 fully saturated rings. The summed E-state index contributed by atoms with van der Waals surface area (Å²) in [7, 11) is 0. The molecule has 1 N–H and O–H groups in total. The van der Waals surface area contributed by atoms with E-state index in [0.717, 1.165) is 11.3 Å². The van der Waals surface area contributed by atoms with Gasteiger partial charge < -0.3 is 10.1 Å². The van der Waals surface area contributed by atoms with Crippen LogP contribution in [-0.4, -0.2) is 23.7 Å². The molecule has 6 heteroatoms. The number of nitrogens with one attached hydrogen (secondary N) is 1. The van der Waals surface area contributed by atoms with Crippen molar-refractivity contribution in [2.24, 2.45) is 0 Å². The zero-order chi connectivity index (χ0) is 18.2. The third-order valence-electron chi connectivity index (χ3n) is 3.16. The highest BCUT2D eigenvalue weighted by atomic mass is 35.5. The van der Waals surface area contributed by atoms with Gasteiger partial charge in [-0.05, 0) is 55.8 Å². The van der Waals surface area contributed by atoms with Gasteiger partial charge >= 0.3 is 5.97 Å². The van der Waals surface area contributed by atoms with Crippen LogP contribution in [0.25, 0.3) is 0 Å².